The number of nitrogens with zero attached hydrogens (tertiary/aromatic N) is 1. The van der Waals surface area contributed by atoms with Crippen LogP contribution < -0.4 is 5.73 Å². The summed E-state index contributed by atoms with van der Waals surface area (Å²) in [4.78, 5) is 14.3. The zero-order chi connectivity index (χ0) is 12.8. The molecule has 0 spiro atoms. The van der Waals surface area contributed by atoms with Crippen molar-refractivity contribution < 1.29 is 4.79 Å². The van der Waals surface area contributed by atoms with Crippen molar-refractivity contribution in [1.29, 1.82) is 0 Å². The summed E-state index contributed by atoms with van der Waals surface area (Å²) in [5, 5.41) is 0. The number of nitrogens with two attached hydrogens (primary N) is 1. The van der Waals surface area contributed by atoms with Crippen LogP contribution in [0.25, 0.3) is 0 Å². The predicted octanol–water partition coefficient (Wildman–Crippen LogP) is 2.90. The Labute approximate surface area is 121 Å². The summed E-state index contributed by atoms with van der Waals surface area (Å²) in [6.45, 7) is 1.72. The molecule has 1 unspecified atom stereocenters. The van der Waals surface area contributed by atoms with Crippen molar-refractivity contribution in [1.82, 2.24) is 4.90 Å². The third-order valence-corrected chi connectivity index (χ3v) is 3.59. The Hall–Kier alpha value is -1.06. The minimum atomic E-state index is -0.509. The van der Waals surface area contributed by atoms with Crippen molar-refractivity contribution in [3.8, 4) is 0 Å². The molecule has 0 aromatic heterocycles. The molecular formula is C15H23ClN2O. The van der Waals surface area contributed by atoms with E-state index in [2.05, 4.69) is 0 Å². The van der Waals surface area contributed by atoms with Crippen molar-refractivity contribution in [3.05, 3.63) is 35.9 Å². The van der Waals surface area contributed by atoms with Crippen molar-refractivity contribution in [3.63, 3.8) is 0 Å². The predicted molar refractivity (Wildman–Crippen MR) is 80.3 cm³/mol. The SMILES string of the molecule is Cl.NC(C(=O)N1CCCCCCC1)c1ccccc1. The second kappa shape index (κ2) is 8.18. The Bertz CT molecular complexity index is 375. The van der Waals surface area contributed by atoms with E-state index < -0.39 is 6.04 Å². The van der Waals surface area contributed by atoms with Crippen LogP contribution >= 0.6 is 12.4 Å². The van der Waals surface area contributed by atoms with Gasteiger partial charge in [0, 0.05) is 13.1 Å². The molecule has 1 aromatic carbocycles. The molecule has 4 heteroatoms. The molecule has 1 atom stereocenters. The van der Waals surface area contributed by atoms with Crippen LogP contribution in [0.1, 0.15) is 43.7 Å². The van der Waals surface area contributed by atoms with Gasteiger partial charge < -0.3 is 10.6 Å². The van der Waals surface area contributed by atoms with Gasteiger partial charge in [-0.15, -0.1) is 12.4 Å². The van der Waals surface area contributed by atoms with E-state index in [1.165, 1.54) is 19.3 Å². The Balaban J connectivity index is 0.00000180. The molecule has 0 radical (unpaired) electrons. The minimum absolute atomic E-state index is 0. The first-order valence-corrected chi connectivity index (χ1v) is 6.88. The van der Waals surface area contributed by atoms with E-state index >= 15 is 0 Å². The molecule has 1 aliphatic rings. The average Bonchev–Trinajstić information content (AvgIpc) is 2.38. The maximum absolute atomic E-state index is 12.4. The molecule has 0 bridgehead atoms. The first-order valence-electron chi connectivity index (χ1n) is 6.88. The van der Waals surface area contributed by atoms with E-state index in [1.807, 2.05) is 35.2 Å². The van der Waals surface area contributed by atoms with Gasteiger partial charge in [-0.3, -0.25) is 4.79 Å². The van der Waals surface area contributed by atoms with Gasteiger partial charge in [0.15, 0.2) is 0 Å². The highest BCUT2D eigenvalue weighted by atomic mass is 35.5. The lowest BCUT2D eigenvalue weighted by Gasteiger charge is -2.27. The maximum Gasteiger partial charge on any atom is 0.244 e. The maximum atomic E-state index is 12.4. The van der Waals surface area contributed by atoms with E-state index in [1.54, 1.807) is 0 Å². The number of likely N-dealkylation sites (tertiary alicyclic amines) is 1. The lowest BCUT2D eigenvalue weighted by Crippen LogP contribution is -2.40. The summed E-state index contributed by atoms with van der Waals surface area (Å²) in [7, 11) is 0. The molecule has 0 saturated carbocycles. The normalized spacial score (nSPS) is 17.8. The standard InChI is InChI=1S/C15H22N2O.ClH/c16-14(13-9-5-4-6-10-13)15(18)17-11-7-2-1-3-8-12-17;/h4-6,9-10,14H,1-3,7-8,11-12,16H2;1H. The fraction of sp³-hybridized carbons (Fsp3) is 0.533. The summed E-state index contributed by atoms with van der Waals surface area (Å²) < 4.78 is 0. The van der Waals surface area contributed by atoms with E-state index in [0.29, 0.717) is 0 Å². The van der Waals surface area contributed by atoms with Crippen LogP contribution in [-0.2, 0) is 4.79 Å². The monoisotopic (exact) mass is 282 g/mol. The molecule has 3 nitrogen and oxygen atoms in total. The van der Waals surface area contributed by atoms with Crippen LogP contribution in [0.4, 0.5) is 0 Å². The minimum Gasteiger partial charge on any atom is -0.341 e. The van der Waals surface area contributed by atoms with Crippen LogP contribution in [0.3, 0.4) is 0 Å². The van der Waals surface area contributed by atoms with Gasteiger partial charge in [0.05, 0.1) is 0 Å². The molecule has 19 heavy (non-hydrogen) atoms. The molecule has 0 aliphatic carbocycles. The Morgan fingerprint density at radius 3 is 2.11 bits per heavy atom. The fourth-order valence-electron chi connectivity index (χ4n) is 2.47. The van der Waals surface area contributed by atoms with Gasteiger partial charge in [0.1, 0.15) is 6.04 Å². The molecule has 2 rings (SSSR count). The van der Waals surface area contributed by atoms with Crippen LogP contribution in [0.2, 0.25) is 0 Å². The zero-order valence-electron chi connectivity index (χ0n) is 11.3. The number of carbonyl (C=O) groups excluding carboxylic acids is 1. The quantitative estimate of drug-likeness (QED) is 0.907. The third kappa shape index (κ3) is 4.51. The van der Waals surface area contributed by atoms with Crippen molar-refractivity contribution in [2.24, 2.45) is 5.73 Å². The van der Waals surface area contributed by atoms with Crippen molar-refractivity contribution in [2.45, 2.75) is 38.1 Å². The number of halogens is 1. The molecule has 1 heterocycles. The summed E-state index contributed by atoms with van der Waals surface area (Å²) in [5.74, 6) is 0.0723. The molecule has 1 aliphatic heterocycles. The van der Waals surface area contributed by atoms with Crippen LogP contribution in [-0.4, -0.2) is 23.9 Å². The Morgan fingerprint density at radius 2 is 1.53 bits per heavy atom. The molecule has 2 N–H and O–H groups in total. The van der Waals surface area contributed by atoms with E-state index in [0.717, 1.165) is 31.5 Å². The number of amides is 1. The molecule has 1 fully saturated rings. The lowest BCUT2D eigenvalue weighted by atomic mass is 10.0. The Kier molecular flexibility index (Phi) is 6.89. The summed E-state index contributed by atoms with van der Waals surface area (Å²) in [5.41, 5.74) is 6.98. The highest BCUT2D eigenvalue weighted by Crippen LogP contribution is 2.16. The first-order chi connectivity index (χ1) is 8.79. The van der Waals surface area contributed by atoms with Gasteiger partial charge in [-0.25, -0.2) is 0 Å². The summed E-state index contributed by atoms with van der Waals surface area (Å²) in [6.07, 6.45) is 5.96. The summed E-state index contributed by atoms with van der Waals surface area (Å²) >= 11 is 0. The Morgan fingerprint density at radius 1 is 1.00 bits per heavy atom. The lowest BCUT2D eigenvalue weighted by molar-refractivity contribution is -0.133. The van der Waals surface area contributed by atoms with Gasteiger partial charge in [-0.2, -0.15) is 0 Å². The fourth-order valence-corrected chi connectivity index (χ4v) is 2.47. The number of hydrogen-bond acceptors (Lipinski definition) is 2. The second-order valence-electron chi connectivity index (χ2n) is 4.98. The van der Waals surface area contributed by atoms with Crippen LogP contribution in [0.5, 0.6) is 0 Å². The number of carbonyl (C=O) groups is 1. The largest absolute Gasteiger partial charge is 0.341 e. The highest BCUT2D eigenvalue weighted by molar-refractivity contribution is 5.85. The summed E-state index contributed by atoms with van der Waals surface area (Å²) in [6, 6.07) is 9.13. The van der Waals surface area contributed by atoms with Gasteiger partial charge >= 0.3 is 0 Å². The van der Waals surface area contributed by atoms with E-state index in [-0.39, 0.29) is 18.3 Å². The highest BCUT2D eigenvalue weighted by Gasteiger charge is 2.22. The van der Waals surface area contributed by atoms with E-state index in [4.69, 9.17) is 5.73 Å². The topological polar surface area (TPSA) is 46.3 Å². The smallest absolute Gasteiger partial charge is 0.244 e. The van der Waals surface area contributed by atoms with E-state index in [9.17, 15) is 4.79 Å². The molecule has 1 saturated heterocycles. The molecule has 1 amide bonds. The first kappa shape index (κ1) is 16.0. The van der Waals surface area contributed by atoms with Crippen LogP contribution in [0, 0.1) is 0 Å². The van der Waals surface area contributed by atoms with Gasteiger partial charge in [-0.05, 0) is 18.4 Å². The second-order valence-corrected chi connectivity index (χ2v) is 4.98. The molecule has 1 aromatic rings. The number of rotatable bonds is 2. The van der Waals surface area contributed by atoms with Crippen molar-refractivity contribution >= 4 is 18.3 Å². The van der Waals surface area contributed by atoms with Gasteiger partial charge in [-0.1, -0.05) is 49.6 Å². The zero-order valence-corrected chi connectivity index (χ0v) is 12.1. The van der Waals surface area contributed by atoms with Crippen LogP contribution in [0.15, 0.2) is 30.3 Å². The molecular weight excluding hydrogens is 260 g/mol. The van der Waals surface area contributed by atoms with Crippen molar-refractivity contribution in [2.75, 3.05) is 13.1 Å². The molecule has 106 valence electrons. The van der Waals surface area contributed by atoms with Gasteiger partial charge in [0.25, 0.3) is 0 Å². The number of benzene rings is 1. The van der Waals surface area contributed by atoms with Gasteiger partial charge in [0.2, 0.25) is 5.91 Å². The third-order valence-electron chi connectivity index (χ3n) is 3.59. The average molecular weight is 283 g/mol. The number of hydrogen-bond donors (Lipinski definition) is 1.